The summed E-state index contributed by atoms with van der Waals surface area (Å²) in [6.07, 6.45) is 0. The van der Waals surface area contributed by atoms with E-state index in [2.05, 4.69) is 30.8 Å². The van der Waals surface area contributed by atoms with E-state index in [1.54, 1.807) is 0 Å². The van der Waals surface area contributed by atoms with Gasteiger partial charge in [-0.15, -0.1) is 35.0 Å². The molecule has 0 radical (unpaired) electrons. The Morgan fingerprint density at radius 2 is 1.93 bits per heavy atom. The lowest BCUT2D eigenvalue weighted by Gasteiger charge is -2.25. The third-order valence-corrected chi connectivity index (χ3v) is 1.96. The molecule has 1 aliphatic rings. The number of halogens is 2. The Morgan fingerprint density at radius 1 is 1.21 bits per heavy atom. The molecule has 0 saturated carbocycles. The van der Waals surface area contributed by atoms with Crippen LogP contribution in [0.3, 0.4) is 0 Å². The van der Waals surface area contributed by atoms with Crippen LogP contribution in [0.5, 0.6) is 0 Å². The number of aromatic amines is 1. The molecule has 0 unspecified atom stereocenters. The molecule has 0 spiro atoms. The van der Waals surface area contributed by atoms with Crippen LogP contribution in [0.15, 0.2) is 0 Å². The first-order valence-electron chi connectivity index (χ1n) is 4.10. The van der Waals surface area contributed by atoms with E-state index in [9.17, 15) is 0 Å². The van der Waals surface area contributed by atoms with Gasteiger partial charge in [0, 0.05) is 26.2 Å². The van der Waals surface area contributed by atoms with Crippen LogP contribution in [0.2, 0.25) is 0 Å². The van der Waals surface area contributed by atoms with Gasteiger partial charge >= 0.3 is 0 Å². The molecule has 2 rings (SSSR count). The van der Waals surface area contributed by atoms with Crippen LogP contribution in [-0.4, -0.2) is 51.7 Å². The number of piperazine rings is 1. The van der Waals surface area contributed by atoms with Gasteiger partial charge in [0.1, 0.15) is 0 Å². The lowest BCUT2D eigenvalue weighted by molar-refractivity contribution is 0.228. The van der Waals surface area contributed by atoms with Crippen LogP contribution in [0, 0.1) is 0 Å². The van der Waals surface area contributed by atoms with Gasteiger partial charge in [-0.3, -0.25) is 4.90 Å². The fourth-order valence-corrected chi connectivity index (χ4v) is 1.32. The molecule has 0 aliphatic carbocycles. The molecule has 1 saturated heterocycles. The largest absolute Gasteiger partial charge is 0.314 e. The topological polar surface area (TPSA) is 69.7 Å². The number of rotatable bonds is 2. The Balaban J connectivity index is 0.000000845. The van der Waals surface area contributed by atoms with Crippen LogP contribution in [-0.2, 0) is 6.54 Å². The highest BCUT2D eigenvalue weighted by atomic mass is 35.5. The third kappa shape index (κ3) is 3.75. The van der Waals surface area contributed by atoms with Gasteiger partial charge in [0.15, 0.2) is 5.82 Å². The molecule has 0 amide bonds. The number of hydrogen-bond donors (Lipinski definition) is 2. The highest BCUT2D eigenvalue weighted by Crippen LogP contribution is 1.97. The number of aromatic nitrogens is 4. The van der Waals surface area contributed by atoms with Crippen molar-refractivity contribution in [1.82, 2.24) is 30.8 Å². The number of hydrogen-bond acceptors (Lipinski definition) is 5. The lowest BCUT2D eigenvalue weighted by atomic mass is 10.3. The Labute approximate surface area is 94.6 Å². The molecule has 14 heavy (non-hydrogen) atoms. The highest BCUT2D eigenvalue weighted by molar-refractivity contribution is 5.85. The molecular weight excluding hydrogens is 227 g/mol. The fraction of sp³-hybridized carbons (Fsp3) is 0.833. The Hall–Kier alpha value is -0.430. The first kappa shape index (κ1) is 13.6. The summed E-state index contributed by atoms with van der Waals surface area (Å²) in [6, 6.07) is 0. The molecule has 0 atom stereocenters. The lowest BCUT2D eigenvalue weighted by Crippen LogP contribution is -2.43. The number of nitrogens with zero attached hydrogens (tertiary/aromatic N) is 4. The van der Waals surface area contributed by atoms with Crippen molar-refractivity contribution in [2.75, 3.05) is 26.2 Å². The Morgan fingerprint density at radius 3 is 2.50 bits per heavy atom. The van der Waals surface area contributed by atoms with Crippen molar-refractivity contribution in [2.24, 2.45) is 0 Å². The van der Waals surface area contributed by atoms with Crippen molar-refractivity contribution in [3.63, 3.8) is 0 Å². The van der Waals surface area contributed by atoms with Gasteiger partial charge in [-0.25, -0.2) is 0 Å². The van der Waals surface area contributed by atoms with Gasteiger partial charge < -0.3 is 5.32 Å². The molecule has 1 aromatic heterocycles. The summed E-state index contributed by atoms with van der Waals surface area (Å²) in [4.78, 5) is 2.31. The first-order valence-corrected chi connectivity index (χ1v) is 4.10. The van der Waals surface area contributed by atoms with Crippen LogP contribution >= 0.6 is 24.8 Å². The van der Waals surface area contributed by atoms with Gasteiger partial charge in [0.05, 0.1) is 6.54 Å². The number of nitrogens with one attached hydrogen (secondary N) is 2. The second-order valence-corrected chi connectivity index (χ2v) is 2.85. The number of H-pyrrole nitrogens is 1. The highest BCUT2D eigenvalue weighted by Gasteiger charge is 2.11. The van der Waals surface area contributed by atoms with E-state index in [0.717, 1.165) is 38.5 Å². The van der Waals surface area contributed by atoms with Crippen LogP contribution in [0.4, 0.5) is 0 Å². The Kier molecular flexibility index (Phi) is 6.73. The van der Waals surface area contributed by atoms with Crippen LogP contribution < -0.4 is 5.32 Å². The quantitative estimate of drug-likeness (QED) is 0.727. The van der Waals surface area contributed by atoms with E-state index >= 15 is 0 Å². The van der Waals surface area contributed by atoms with E-state index in [0.29, 0.717) is 0 Å². The van der Waals surface area contributed by atoms with E-state index in [1.807, 2.05) is 0 Å². The van der Waals surface area contributed by atoms with Gasteiger partial charge in [-0.1, -0.05) is 5.21 Å². The maximum atomic E-state index is 3.90. The summed E-state index contributed by atoms with van der Waals surface area (Å²) >= 11 is 0. The predicted octanol–water partition coefficient (Wildman–Crippen LogP) is -0.551. The fourth-order valence-electron chi connectivity index (χ4n) is 1.32. The summed E-state index contributed by atoms with van der Waals surface area (Å²) in [5.74, 6) is 0.775. The minimum Gasteiger partial charge on any atom is -0.314 e. The van der Waals surface area contributed by atoms with E-state index in [4.69, 9.17) is 0 Å². The molecule has 1 fully saturated rings. The summed E-state index contributed by atoms with van der Waals surface area (Å²) in [6.45, 7) is 5.04. The van der Waals surface area contributed by atoms with Crippen molar-refractivity contribution in [2.45, 2.75) is 6.54 Å². The zero-order chi connectivity index (χ0) is 8.23. The normalized spacial score (nSPS) is 16.9. The number of tetrazole rings is 1. The van der Waals surface area contributed by atoms with Gasteiger partial charge in [0.25, 0.3) is 0 Å². The first-order chi connectivity index (χ1) is 5.95. The van der Waals surface area contributed by atoms with Crippen molar-refractivity contribution >= 4 is 24.8 Å². The Bertz CT molecular complexity index is 222. The zero-order valence-electron chi connectivity index (χ0n) is 7.64. The van der Waals surface area contributed by atoms with Crippen molar-refractivity contribution in [3.05, 3.63) is 5.82 Å². The minimum absolute atomic E-state index is 0. The smallest absolute Gasteiger partial charge is 0.188 e. The molecule has 1 aliphatic heterocycles. The second-order valence-electron chi connectivity index (χ2n) is 2.85. The summed E-state index contributed by atoms with van der Waals surface area (Å²) in [5, 5.41) is 17.0. The van der Waals surface area contributed by atoms with Crippen molar-refractivity contribution in [1.29, 1.82) is 0 Å². The summed E-state index contributed by atoms with van der Waals surface area (Å²) in [7, 11) is 0. The maximum Gasteiger partial charge on any atom is 0.188 e. The van der Waals surface area contributed by atoms with Crippen molar-refractivity contribution in [3.8, 4) is 0 Å². The average Bonchev–Trinajstić information content (AvgIpc) is 2.59. The molecular formula is C6H14Cl2N6. The third-order valence-electron chi connectivity index (χ3n) is 1.96. The van der Waals surface area contributed by atoms with E-state index in [1.165, 1.54) is 0 Å². The predicted molar refractivity (Wildman–Crippen MR) is 56.8 cm³/mol. The molecule has 0 aromatic carbocycles. The molecule has 6 nitrogen and oxygen atoms in total. The van der Waals surface area contributed by atoms with Crippen molar-refractivity contribution < 1.29 is 0 Å². The van der Waals surface area contributed by atoms with E-state index in [-0.39, 0.29) is 24.8 Å². The molecule has 2 N–H and O–H groups in total. The van der Waals surface area contributed by atoms with Crippen LogP contribution in [0.25, 0.3) is 0 Å². The summed E-state index contributed by atoms with van der Waals surface area (Å²) in [5.41, 5.74) is 0. The average molecular weight is 241 g/mol. The van der Waals surface area contributed by atoms with Gasteiger partial charge in [-0.2, -0.15) is 5.21 Å². The monoisotopic (exact) mass is 240 g/mol. The molecule has 0 bridgehead atoms. The maximum absolute atomic E-state index is 3.90. The summed E-state index contributed by atoms with van der Waals surface area (Å²) < 4.78 is 0. The van der Waals surface area contributed by atoms with Gasteiger partial charge in [0.2, 0.25) is 0 Å². The molecule has 8 heteroatoms. The standard InChI is InChI=1S/C6H12N6.2ClH/c1-3-12(4-2-7-1)5-6-8-10-11-9-6;;/h7H,1-5H2,(H,8,9,10,11);2*1H. The van der Waals surface area contributed by atoms with E-state index < -0.39 is 0 Å². The SMILES string of the molecule is C1CN(Cc2nn[nH]n2)CCN1.Cl.Cl. The molecule has 82 valence electrons. The van der Waals surface area contributed by atoms with Crippen LogP contribution in [0.1, 0.15) is 5.82 Å². The minimum atomic E-state index is 0. The molecule has 2 heterocycles. The van der Waals surface area contributed by atoms with Gasteiger partial charge in [-0.05, 0) is 0 Å². The molecule has 1 aromatic rings. The second kappa shape index (κ2) is 6.94. The zero-order valence-corrected chi connectivity index (χ0v) is 9.27.